The molecule has 16 nitrogen and oxygen atoms in total. The number of ether oxygens (including phenoxy) is 4. The van der Waals surface area contributed by atoms with Crippen molar-refractivity contribution in [2.24, 2.45) is 11.3 Å². The lowest BCUT2D eigenvalue weighted by Crippen LogP contribution is -2.60. The van der Waals surface area contributed by atoms with Crippen molar-refractivity contribution < 1.29 is 46.5 Å². The fraction of sp³-hybridized carbons (Fsp3) is 0.632. The third-order valence-corrected chi connectivity index (χ3v) is 11.6. The summed E-state index contributed by atoms with van der Waals surface area (Å²) in [4.78, 5) is 66.4. The van der Waals surface area contributed by atoms with Gasteiger partial charge in [-0.3, -0.25) is 19.1 Å². The quantitative estimate of drug-likeness (QED) is 0.249. The van der Waals surface area contributed by atoms with Crippen molar-refractivity contribution in [1.29, 1.82) is 0 Å². The van der Waals surface area contributed by atoms with Gasteiger partial charge in [-0.25, -0.2) is 18.2 Å². The highest BCUT2D eigenvalue weighted by molar-refractivity contribution is 7.90. The lowest BCUT2D eigenvalue weighted by Gasteiger charge is -2.36. The van der Waals surface area contributed by atoms with Crippen LogP contribution in [0.15, 0.2) is 24.8 Å². The van der Waals surface area contributed by atoms with Crippen LogP contribution in [0.2, 0.25) is 0 Å². The Morgan fingerprint density at radius 2 is 1.65 bits per heavy atom. The largest absolute Gasteiger partial charge is 0.493 e. The number of sulfonamides is 1. The van der Waals surface area contributed by atoms with Gasteiger partial charge in [0.05, 0.1) is 36.9 Å². The summed E-state index contributed by atoms with van der Waals surface area (Å²) in [6, 6.07) is 1.09. The summed E-state index contributed by atoms with van der Waals surface area (Å²) in [6.07, 6.45) is 1.79. The number of aromatic nitrogens is 2. The number of benzene rings is 1. The van der Waals surface area contributed by atoms with Gasteiger partial charge in [-0.05, 0) is 65.4 Å². The van der Waals surface area contributed by atoms with Crippen molar-refractivity contribution in [2.45, 2.75) is 122 Å². The van der Waals surface area contributed by atoms with Crippen LogP contribution in [-0.2, 0) is 29.1 Å². The Balaban J connectivity index is 1.52. The first-order valence-electron chi connectivity index (χ1n) is 18.4. The Morgan fingerprint density at radius 3 is 2.18 bits per heavy atom. The summed E-state index contributed by atoms with van der Waals surface area (Å²) in [5.41, 5.74) is -2.74. The Bertz CT molecular complexity index is 1970. The fourth-order valence-corrected chi connectivity index (χ4v) is 7.18. The molecule has 1 aromatic carbocycles. The molecule has 2 aliphatic carbocycles. The van der Waals surface area contributed by atoms with Crippen molar-refractivity contribution in [1.82, 2.24) is 30.2 Å². The Kier molecular flexibility index (Phi) is 11.4. The van der Waals surface area contributed by atoms with Gasteiger partial charge >= 0.3 is 6.09 Å². The molecule has 4 amide bonds. The van der Waals surface area contributed by atoms with E-state index in [0.717, 1.165) is 12.8 Å². The molecule has 55 heavy (non-hydrogen) atoms. The lowest BCUT2D eigenvalue weighted by atomic mass is 9.85. The first-order valence-corrected chi connectivity index (χ1v) is 20.0. The van der Waals surface area contributed by atoms with Gasteiger partial charge in [0.15, 0.2) is 11.5 Å². The van der Waals surface area contributed by atoms with E-state index in [1.165, 1.54) is 39.0 Å². The van der Waals surface area contributed by atoms with Gasteiger partial charge in [0.2, 0.25) is 27.7 Å². The second-order valence-corrected chi connectivity index (χ2v) is 19.1. The Morgan fingerprint density at radius 1 is 1.02 bits per heavy atom. The number of alkyl carbamates (subject to hydrolysis) is 1. The molecule has 2 aromatic rings. The maximum absolute atomic E-state index is 14.6. The van der Waals surface area contributed by atoms with E-state index >= 15 is 0 Å². The highest BCUT2D eigenvalue weighted by Crippen LogP contribution is 2.46. The van der Waals surface area contributed by atoms with Crippen LogP contribution < -0.4 is 29.6 Å². The summed E-state index contributed by atoms with van der Waals surface area (Å²) >= 11 is 0. The van der Waals surface area contributed by atoms with E-state index in [2.05, 4.69) is 21.9 Å². The van der Waals surface area contributed by atoms with Gasteiger partial charge in [0.1, 0.15) is 35.2 Å². The molecule has 5 atom stereocenters. The van der Waals surface area contributed by atoms with Gasteiger partial charge in [0, 0.05) is 24.3 Å². The minimum Gasteiger partial charge on any atom is -0.493 e. The predicted octanol–water partition coefficient (Wildman–Crippen LogP) is 3.73. The van der Waals surface area contributed by atoms with Gasteiger partial charge in [-0.2, -0.15) is 4.98 Å². The van der Waals surface area contributed by atoms with E-state index in [1.807, 2.05) is 0 Å². The molecule has 1 aliphatic heterocycles. The number of likely N-dealkylation sites (tertiary alicyclic amines) is 1. The zero-order chi connectivity index (χ0) is 40.8. The summed E-state index contributed by atoms with van der Waals surface area (Å²) in [5.74, 6) is -0.869. The van der Waals surface area contributed by atoms with Crippen LogP contribution in [-0.4, -0.2) is 102 Å². The lowest BCUT2D eigenvalue weighted by molar-refractivity contribution is -0.143. The number of amides is 4. The molecule has 0 spiro atoms. The summed E-state index contributed by atoms with van der Waals surface area (Å²) < 4.78 is 50.6. The molecule has 5 rings (SSSR count). The van der Waals surface area contributed by atoms with Gasteiger partial charge in [-0.15, -0.1) is 6.58 Å². The monoisotopic (exact) mass is 786 g/mol. The third-order valence-electron chi connectivity index (χ3n) is 9.93. The molecule has 1 aromatic heterocycles. The standard InChI is InChI=1S/C38H54N6O10S/c1-12-22-18-38(22,34(47)43-55(49,50)20(2)3)42-31(45)26-15-23(19-44(26)33(46)29(36(4,5)6)40-35(48)54-37(7,8)9)53-32-24-16-27(51-10)28(52-11)17-25(24)39-30(41-32)21-13-14-21/h12,16-17,20-23,26,29H,1,13-15,18-19H2,2-11H3,(H,40,48)(H,42,45)(H,43,47)/t22?,23-,26?,29?,38?/m1/s1. The van der Waals surface area contributed by atoms with Crippen LogP contribution in [0, 0.1) is 11.3 Å². The second-order valence-electron chi connectivity index (χ2n) is 16.8. The van der Waals surface area contributed by atoms with Crippen molar-refractivity contribution in [3.05, 3.63) is 30.6 Å². The van der Waals surface area contributed by atoms with Gasteiger partial charge in [0.25, 0.3) is 5.91 Å². The van der Waals surface area contributed by atoms with E-state index in [4.69, 9.17) is 28.9 Å². The fourth-order valence-electron chi connectivity index (χ4n) is 6.51. The number of rotatable bonds is 13. The van der Waals surface area contributed by atoms with Crippen molar-refractivity contribution in [3.63, 3.8) is 0 Å². The Labute approximate surface area is 322 Å². The predicted molar refractivity (Wildman–Crippen MR) is 203 cm³/mol. The number of nitrogens with one attached hydrogen (secondary N) is 3. The molecule has 0 radical (unpaired) electrons. The zero-order valence-corrected chi connectivity index (χ0v) is 34.1. The van der Waals surface area contributed by atoms with Crippen LogP contribution in [0.1, 0.15) is 92.8 Å². The van der Waals surface area contributed by atoms with E-state index in [9.17, 15) is 27.6 Å². The smallest absolute Gasteiger partial charge is 0.408 e. The van der Waals surface area contributed by atoms with Crippen LogP contribution in [0.5, 0.6) is 17.4 Å². The van der Waals surface area contributed by atoms with Crippen molar-refractivity contribution >= 4 is 44.7 Å². The third kappa shape index (κ3) is 9.08. The van der Waals surface area contributed by atoms with E-state index in [0.29, 0.717) is 28.2 Å². The highest BCUT2D eigenvalue weighted by atomic mass is 32.2. The molecule has 302 valence electrons. The normalized spacial score (nSPS) is 23.1. The molecule has 0 bridgehead atoms. The average Bonchev–Trinajstić information content (AvgIpc) is 4.01. The van der Waals surface area contributed by atoms with Crippen LogP contribution >= 0.6 is 0 Å². The molecular formula is C38H54N6O10S. The molecule has 1 saturated heterocycles. The number of carbonyl (C=O) groups excluding carboxylic acids is 4. The first-order chi connectivity index (χ1) is 25.5. The molecule has 17 heteroatoms. The molecular weight excluding hydrogens is 733 g/mol. The molecule has 3 aliphatic rings. The number of fused-ring (bicyclic) bond motifs is 1. The SMILES string of the molecule is C=CC1CC1(NC(=O)C1C[C@@H](Oc2nc(C3CC3)nc3cc(OC)c(OC)cc23)CN1C(=O)C(NC(=O)OC(C)(C)C)C(C)(C)C)C(=O)NS(=O)(=O)C(C)C. The van der Waals surface area contributed by atoms with Crippen LogP contribution in [0.3, 0.4) is 0 Å². The first kappa shape index (κ1) is 41.5. The summed E-state index contributed by atoms with van der Waals surface area (Å²) in [7, 11) is -0.999. The summed E-state index contributed by atoms with van der Waals surface area (Å²) in [6.45, 7) is 17.0. The van der Waals surface area contributed by atoms with Gasteiger partial charge in [-0.1, -0.05) is 26.8 Å². The van der Waals surface area contributed by atoms with Crippen molar-refractivity contribution in [2.75, 3.05) is 20.8 Å². The minimum absolute atomic E-state index is 0.0286. The number of hydrogen-bond acceptors (Lipinski definition) is 12. The van der Waals surface area contributed by atoms with Crippen LogP contribution in [0.25, 0.3) is 10.9 Å². The molecule has 3 N–H and O–H groups in total. The zero-order valence-electron chi connectivity index (χ0n) is 33.3. The number of hydrogen-bond donors (Lipinski definition) is 3. The van der Waals surface area contributed by atoms with Gasteiger partial charge < -0.3 is 34.5 Å². The van der Waals surface area contributed by atoms with Crippen LogP contribution in [0.4, 0.5) is 4.79 Å². The molecule has 2 saturated carbocycles. The molecule has 3 fully saturated rings. The maximum atomic E-state index is 14.6. The minimum atomic E-state index is -4.03. The van der Waals surface area contributed by atoms with E-state index in [-0.39, 0.29) is 31.2 Å². The molecule has 2 heterocycles. The topological polar surface area (TPSA) is 204 Å². The molecule has 4 unspecified atom stereocenters. The second kappa shape index (κ2) is 15.1. The average molecular weight is 787 g/mol. The number of carbonyl (C=O) groups is 4. The van der Waals surface area contributed by atoms with E-state index in [1.54, 1.807) is 53.7 Å². The maximum Gasteiger partial charge on any atom is 0.408 e. The summed E-state index contributed by atoms with van der Waals surface area (Å²) in [5, 5.41) is 5.10. The highest BCUT2D eigenvalue weighted by Gasteiger charge is 2.61. The number of nitrogens with zero attached hydrogens (tertiary/aromatic N) is 3. The van der Waals surface area contributed by atoms with Crippen molar-refractivity contribution in [3.8, 4) is 17.4 Å². The Hall–Kier alpha value is -4.67. The van der Waals surface area contributed by atoms with E-state index < -0.39 is 79.7 Å². The number of methoxy groups -OCH3 is 2.